The van der Waals surface area contributed by atoms with E-state index >= 15 is 0 Å². The van der Waals surface area contributed by atoms with Crippen molar-refractivity contribution in [2.24, 2.45) is 0 Å². The van der Waals surface area contributed by atoms with E-state index in [0.717, 1.165) is 24.3 Å². The van der Waals surface area contributed by atoms with Crippen molar-refractivity contribution in [3.63, 3.8) is 0 Å². The number of nitrogen functional groups attached to an aromatic ring is 2. The van der Waals surface area contributed by atoms with Crippen LogP contribution in [0.3, 0.4) is 0 Å². The Hall–Kier alpha value is -9.10. The maximum absolute atomic E-state index is 13.1. The van der Waals surface area contributed by atoms with Crippen molar-refractivity contribution in [2.45, 2.75) is 12.8 Å². The fraction of sp³-hybridized carbons (Fsp3) is 0.276. The van der Waals surface area contributed by atoms with E-state index in [-0.39, 0.29) is 17.3 Å². The number of amides is 2. The largest absolute Gasteiger partial charge is 0.493 e. The third-order valence-electron chi connectivity index (χ3n) is 13.3. The van der Waals surface area contributed by atoms with Gasteiger partial charge in [0.25, 0.3) is 11.8 Å². The van der Waals surface area contributed by atoms with Gasteiger partial charge in [-0.3, -0.25) is 9.59 Å². The molecule has 2 aliphatic rings. The lowest BCUT2D eigenvalue weighted by Gasteiger charge is -2.35. The van der Waals surface area contributed by atoms with E-state index < -0.39 is 0 Å². The van der Waals surface area contributed by atoms with Crippen LogP contribution in [-0.4, -0.2) is 141 Å². The predicted octanol–water partition coefficient (Wildman–Crippen LogP) is 6.80. The van der Waals surface area contributed by atoms with Gasteiger partial charge in [-0.05, 0) is 71.8 Å². The zero-order valence-corrected chi connectivity index (χ0v) is 43.7. The Morgan fingerprint density at radius 2 is 0.792 bits per heavy atom. The highest BCUT2D eigenvalue weighted by atomic mass is 16.5. The molecule has 2 aliphatic heterocycles. The summed E-state index contributed by atoms with van der Waals surface area (Å²) in [7, 11) is 6.31. The van der Waals surface area contributed by atoms with Crippen LogP contribution in [0.25, 0.3) is 21.8 Å². The summed E-state index contributed by atoms with van der Waals surface area (Å²) in [6, 6.07) is 42.3. The molecule has 0 radical (unpaired) electrons. The molecule has 0 spiro atoms. The molecule has 19 nitrogen and oxygen atoms in total. The molecule has 2 aromatic heterocycles. The molecule has 0 aliphatic carbocycles. The number of aromatic nitrogens is 4. The highest BCUT2D eigenvalue weighted by Gasteiger charge is 2.27. The minimum atomic E-state index is -0.00346. The summed E-state index contributed by atoms with van der Waals surface area (Å²) in [4.78, 5) is 52.4. The summed E-state index contributed by atoms with van der Waals surface area (Å²) >= 11 is 0. The summed E-state index contributed by atoms with van der Waals surface area (Å²) in [5, 5.41) is 1.40. The zero-order valence-electron chi connectivity index (χ0n) is 43.7. The first-order chi connectivity index (χ1) is 37.1. The molecule has 77 heavy (non-hydrogen) atoms. The van der Waals surface area contributed by atoms with Gasteiger partial charge >= 0.3 is 0 Å². The summed E-state index contributed by atoms with van der Waals surface area (Å²) in [6.45, 7) is 5.80. The first-order valence-corrected chi connectivity index (χ1v) is 25.1. The third kappa shape index (κ3) is 13.1. The van der Waals surface area contributed by atoms with Gasteiger partial charge in [0.2, 0.25) is 11.9 Å². The van der Waals surface area contributed by atoms with E-state index in [1.165, 1.54) is 11.1 Å². The first kappa shape index (κ1) is 54.2. The Morgan fingerprint density at radius 3 is 1.13 bits per heavy atom. The lowest BCUT2D eigenvalue weighted by molar-refractivity contribution is 0.0738. The van der Waals surface area contributed by atoms with Gasteiger partial charge in [0.05, 0.1) is 52.7 Å². The average Bonchev–Trinajstić information content (AvgIpc) is 3.47. The van der Waals surface area contributed by atoms with Crippen LogP contribution in [0.1, 0.15) is 31.8 Å². The third-order valence-corrected chi connectivity index (χ3v) is 13.3. The molecule has 8 aromatic rings. The predicted molar refractivity (Wildman–Crippen MR) is 298 cm³/mol. The summed E-state index contributed by atoms with van der Waals surface area (Å²) in [5.74, 6) is 5.60. The van der Waals surface area contributed by atoms with Crippen LogP contribution in [0, 0.1) is 0 Å². The van der Waals surface area contributed by atoms with Crippen molar-refractivity contribution < 1.29 is 43.5 Å². The van der Waals surface area contributed by atoms with E-state index in [1.807, 2.05) is 105 Å². The Morgan fingerprint density at radius 1 is 0.455 bits per heavy atom. The number of ether oxygens (including phenoxy) is 6. The van der Waals surface area contributed by atoms with E-state index in [4.69, 9.17) is 49.9 Å². The molecule has 19 heteroatoms. The maximum Gasteiger partial charge on any atom is 0.253 e. The molecule has 6 aromatic carbocycles. The molecule has 2 amide bonds. The average molecular weight is 1050 g/mol. The molecule has 4 heterocycles. The van der Waals surface area contributed by atoms with E-state index in [2.05, 4.69) is 34.2 Å². The van der Waals surface area contributed by atoms with Gasteiger partial charge < -0.3 is 65.0 Å². The van der Waals surface area contributed by atoms with Crippen molar-refractivity contribution in [1.29, 1.82) is 0 Å². The monoisotopic (exact) mass is 1040 g/mol. The quantitative estimate of drug-likeness (QED) is 0.101. The maximum atomic E-state index is 13.1. The van der Waals surface area contributed by atoms with Gasteiger partial charge in [0.1, 0.15) is 23.1 Å². The fourth-order valence-corrected chi connectivity index (χ4v) is 9.05. The number of hydrogen-bond donors (Lipinski definition) is 2. The fourth-order valence-electron chi connectivity index (χ4n) is 9.05. The molecule has 0 unspecified atom stereocenters. The van der Waals surface area contributed by atoms with Crippen molar-refractivity contribution in [2.75, 3.05) is 115 Å². The van der Waals surface area contributed by atoms with Gasteiger partial charge in [0.15, 0.2) is 23.0 Å². The molecular weight excluding hydrogens is 981 g/mol. The molecule has 10 rings (SSSR count). The molecule has 0 saturated carbocycles. The number of anilines is 4. The Kier molecular flexibility index (Phi) is 17.9. The molecule has 400 valence electrons. The standard InChI is InChI=1S/2C29H31N5O4.H2O/c2*1-36-25-18-23-24(19-26(25)37-2)31-29(32-27(23)30)34-15-13-33(14-16-34)28(35)21-8-10-22(11-9-21)38-17-12-20-6-4-3-5-7-20;/h2*3-11,18-19H,12-17H2,1-2H3,(H2,30,31,32);1H2. The second-order valence-electron chi connectivity index (χ2n) is 18.0. The number of nitrogens with two attached hydrogens (primary N) is 2. The van der Waals surface area contributed by atoms with Crippen LogP contribution in [0.5, 0.6) is 34.5 Å². The second-order valence-corrected chi connectivity index (χ2v) is 18.0. The van der Waals surface area contributed by atoms with Crippen LogP contribution in [0.4, 0.5) is 23.5 Å². The molecule has 0 atom stereocenters. The number of carbonyl (C=O) groups is 2. The number of piperazine rings is 2. The van der Waals surface area contributed by atoms with Gasteiger partial charge in [-0.2, -0.15) is 9.97 Å². The number of benzene rings is 6. The van der Waals surface area contributed by atoms with Crippen LogP contribution >= 0.6 is 0 Å². The van der Waals surface area contributed by atoms with Gasteiger partial charge in [-0.25, -0.2) is 9.97 Å². The Bertz CT molecular complexity index is 3030. The molecular formula is C58H64N10O9. The molecule has 2 saturated heterocycles. The van der Waals surface area contributed by atoms with E-state index in [1.54, 1.807) is 52.7 Å². The van der Waals surface area contributed by atoms with Crippen molar-refractivity contribution in [1.82, 2.24) is 29.7 Å². The number of methoxy groups -OCH3 is 4. The minimum Gasteiger partial charge on any atom is -0.493 e. The minimum absolute atomic E-state index is 0. The molecule has 0 bridgehead atoms. The van der Waals surface area contributed by atoms with E-state index in [9.17, 15) is 9.59 Å². The Balaban J connectivity index is 0.000000201. The topological polar surface area (TPSA) is 238 Å². The summed E-state index contributed by atoms with van der Waals surface area (Å²) < 4.78 is 33.2. The number of hydrogen-bond acceptors (Lipinski definition) is 16. The van der Waals surface area contributed by atoms with Crippen LogP contribution in [0.15, 0.2) is 133 Å². The normalized spacial score (nSPS) is 13.2. The van der Waals surface area contributed by atoms with Gasteiger partial charge in [-0.1, -0.05) is 60.7 Å². The van der Waals surface area contributed by atoms with Crippen molar-refractivity contribution in [3.8, 4) is 34.5 Å². The lowest BCUT2D eigenvalue weighted by atomic mass is 10.1. The zero-order chi connectivity index (χ0) is 53.0. The molecule has 2 fully saturated rings. The van der Waals surface area contributed by atoms with Crippen LogP contribution in [0.2, 0.25) is 0 Å². The lowest BCUT2D eigenvalue weighted by Crippen LogP contribution is -2.49. The number of rotatable bonds is 16. The highest BCUT2D eigenvalue weighted by Crippen LogP contribution is 2.36. The van der Waals surface area contributed by atoms with Crippen LogP contribution in [-0.2, 0) is 12.8 Å². The van der Waals surface area contributed by atoms with Gasteiger partial charge in [-0.15, -0.1) is 0 Å². The summed E-state index contributed by atoms with van der Waals surface area (Å²) in [6.07, 6.45) is 1.67. The summed E-state index contributed by atoms with van der Waals surface area (Å²) in [5.41, 5.74) is 17.6. The number of fused-ring (bicyclic) bond motifs is 2. The highest BCUT2D eigenvalue weighted by molar-refractivity contribution is 5.96. The Labute approximate surface area is 447 Å². The second kappa shape index (κ2) is 25.4. The molecule has 6 N–H and O–H groups in total. The van der Waals surface area contributed by atoms with Crippen molar-refractivity contribution in [3.05, 3.63) is 156 Å². The SMILES string of the molecule is COc1cc2nc(N3CCN(C(=O)c4ccc(OCCc5ccccc5)cc4)CC3)nc(N)c2cc1OC.COc1cc2nc(N3CCN(C(=O)c4ccc(OCCc5ccccc5)cc4)CC3)nc(N)c2cc1OC.O. The van der Waals surface area contributed by atoms with E-state index in [0.29, 0.717) is 145 Å². The van der Waals surface area contributed by atoms with Crippen LogP contribution < -0.4 is 49.7 Å². The number of nitrogens with zero attached hydrogens (tertiary/aromatic N) is 8. The van der Waals surface area contributed by atoms with Gasteiger partial charge in [0, 0.05) is 99.2 Å². The smallest absolute Gasteiger partial charge is 0.253 e. The number of carbonyl (C=O) groups excluding carboxylic acids is 2. The first-order valence-electron chi connectivity index (χ1n) is 25.1. The van der Waals surface area contributed by atoms with Crippen molar-refractivity contribution >= 4 is 57.2 Å².